The van der Waals surface area contributed by atoms with Crippen LogP contribution in [0.15, 0.2) is 24.3 Å². The topological polar surface area (TPSA) is 72.2 Å². The lowest BCUT2D eigenvalue weighted by molar-refractivity contribution is -0.138. The fourth-order valence-electron chi connectivity index (χ4n) is 1.39. The molecule has 0 aromatic heterocycles. The van der Waals surface area contributed by atoms with Crippen LogP contribution in [0.2, 0.25) is 0 Å². The summed E-state index contributed by atoms with van der Waals surface area (Å²) < 4.78 is 59.1. The van der Waals surface area contributed by atoms with Gasteiger partial charge in [-0.1, -0.05) is 18.2 Å². The van der Waals surface area contributed by atoms with E-state index in [1.54, 1.807) is 0 Å². The van der Waals surface area contributed by atoms with Crippen LogP contribution in [0.4, 0.5) is 13.2 Å². The molecule has 0 saturated heterocycles. The average Bonchev–Trinajstić information content (AvgIpc) is 2.22. The monoisotopic (exact) mass is 282 g/mol. The first-order valence-corrected chi connectivity index (χ1v) is 6.78. The summed E-state index contributed by atoms with van der Waals surface area (Å²) in [7, 11) is -3.60. The Morgan fingerprint density at radius 2 is 1.83 bits per heavy atom. The lowest BCUT2D eigenvalue weighted by Gasteiger charge is -2.12. The second-order valence-corrected chi connectivity index (χ2v) is 5.43. The highest BCUT2D eigenvalue weighted by Gasteiger charge is 2.32. The Kier molecular flexibility index (Phi) is 4.71. The van der Waals surface area contributed by atoms with Crippen molar-refractivity contribution < 1.29 is 21.6 Å². The molecule has 1 aromatic carbocycles. The quantitative estimate of drug-likeness (QED) is 0.794. The largest absolute Gasteiger partial charge is 0.416 e. The van der Waals surface area contributed by atoms with Crippen molar-refractivity contribution in [1.82, 2.24) is 5.32 Å². The van der Waals surface area contributed by atoms with Gasteiger partial charge in [0.15, 0.2) is 0 Å². The van der Waals surface area contributed by atoms with E-state index < -0.39 is 21.8 Å². The molecule has 102 valence electrons. The Hall–Kier alpha value is -1.12. The van der Waals surface area contributed by atoms with Crippen LogP contribution in [-0.4, -0.2) is 20.7 Å². The summed E-state index contributed by atoms with van der Waals surface area (Å²) >= 11 is 0. The Bertz CT molecular complexity index is 500. The molecule has 8 heteroatoms. The van der Waals surface area contributed by atoms with Crippen molar-refractivity contribution in [3.8, 4) is 0 Å². The number of nitrogens with one attached hydrogen (secondary N) is 1. The summed E-state index contributed by atoms with van der Waals surface area (Å²) in [4.78, 5) is 0. The van der Waals surface area contributed by atoms with Crippen LogP contribution in [0.3, 0.4) is 0 Å². The number of benzene rings is 1. The minimum absolute atomic E-state index is 0.00498. The first kappa shape index (κ1) is 14.9. The van der Waals surface area contributed by atoms with Gasteiger partial charge in [0.25, 0.3) is 0 Å². The van der Waals surface area contributed by atoms with Gasteiger partial charge >= 0.3 is 6.18 Å². The minimum Gasteiger partial charge on any atom is -0.312 e. The van der Waals surface area contributed by atoms with Gasteiger partial charge in [-0.3, -0.25) is 0 Å². The van der Waals surface area contributed by atoms with Crippen molar-refractivity contribution in [1.29, 1.82) is 0 Å². The first-order chi connectivity index (χ1) is 8.20. The molecule has 0 fully saturated rings. The zero-order chi connectivity index (χ0) is 13.8. The van der Waals surface area contributed by atoms with Gasteiger partial charge < -0.3 is 5.32 Å². The molecular weight excluding hydrogens is 269 g/mol. The summed E-state index contributed by atoms with van der Waals surface area (Å²) in [5, 5.41) is 7.38. The molecule has 0 radical (unpaired) electrons. The molecule has 0 aliphatic carbocycles. The molecule has 0 amide bonds. The maximum Gasteiger partial charge on any atom is 0.416 e. The molecule has 3 N–H and O–H groups in total. The van der Waals surface area contributed by atoms with Gasteiger partial charge in [0, 0.05) is 13.1 Å². The highest BCUT2D eigenvalue weighted by atomic mass is 32.2. The Morgan fingerprint density at radius 1 is 1.22 bits per heavy atom. The summed E-state index contributed by atoms with van der Waals surface area (Å²) in [6, 6.07) is 5.12. The molecule has 0 heterocycles. The van der Waals surface area contributed by atoms with Gasteiger partial charge in [0.2, 0.25) is 10.0 Å². The zero-order valence-corrected chi connectivity index (χ0v) is 10.2. The van der Waals surface area contributed by atoms with E-state index in [0.717, 1.165) is 6.07 Å². The van der Waals surface area contributed by atoms with Crippen molar-refractivity contribution >= 4 is 10.0 Å². The van der Waals surface area contributed by atoms with Gasteiger partial charge in [0.05, 0.1) is 11.3 Å². The molecule has 0 bridgehead atoms. The predicted octanol–water partition coefficient (Wildman–Crippen LogP) is 1.08. The smallest absolute Gasteiger partial charge is 0.312 e. The second kappa shape index (κ2) is 5.68. The van der Waals surface area contributed by atoms with E-state index in [4.69, 9.17) is 5.14 Å². The summed E-state index contributed by atoms with van der Waals surface area (Å²) in [6.45, 7) is -0.0593. The van der Waals surface area contributed by atoms with Crippen LogP contribution < -0.4 is 10.5 Å². The van der Waals surface area contributed by atoms with Crippen molar-refractivity contribution in [3.63, 3.8) is 0 Å². The third kappa shape index (κ3) is 5.03. The van der Waals surface area contributed by atoms with Gasteiger partial charge in [-0.25, -0.2) is 13.6 Å². The second-order valence-electron chi connectivity index (χ2n) is 3.70. The fourth-order valence-corrected chi connectivity index (χ4v) is 1.82. The van der Waals surface area contributed by atoms with Gasteiger partial charge in [-0.05, 0) is 11.6 Å². The molecule has 18 heavy (non-hydrogen) atoms. The fraction of sp³-hybridized carbons (Fsp3) is 0.400. The molecule has 1 aromatic rings. The first-order valence-electron chi connectivity index (χ1n) is 5.06. The molecule has 0 saturated carbocycles. The highest BCUT2D eigenvalue weighted by Crippen LogP contribution is 2.31. The number of sulfonamides is 1. The summed E-state index contributed by atoms with van der Waals surface area (Å²) in [5.41, 5.74) is -0.660. The zero-order valence-electron chi connectivity index (χ0n) is 9.37. The van der Waals surface area contributed by atoms with Gasteiger partial charge in [0.1, 0.15) is 0 Å². The predicted molar refractivity (Wildman–Crippen MR) is 61.1 cm³/mol. The molecule has 0 aliphatic heterocycles. The van der Waals surface area contributed by atoms with Gasteiger partial charge in [-0.2, -0.15) is 13.2 Å². The molecular formula is C10H13F3N2O2S. The number of alkyl halides is 3. The van der Waals surface area contributed by atoms with E-state index >= 15 is 0 Å². The number of halogens is 3. The van der Waals surface area contributed by atoms with Crippen LogP contribution in [0.5, 0.6) is 0 Å². The van der Waals surface area contributed by atoms with E-state index in [9.17, 15) is 21.6 Å². The normalized spacial score (nSPS) is 12.7. The third-order valence-corrected chi connectivity index (χ3v) is 2.97. The standard InChI is InChI=1S/C10H13F3N2O2S/c11-10(12,13)9-4-2-1-3-8(9)7-15-5-6-18(14,16)17/h1-4,15H,5-7H2,(H2,14,16,17). The number of primary sulfonamides is 1. The van der Waals surface area contributed by atoms with E-state index in [1.807, 2.05) is 0 Å². The van der Waals surface area contributed by atoms with Crippen LogP contribution in [0.25, 0.3) is 0 Å². The summed E-state index contributed by atoms with van der Waals surface area (Å²) in [5.74, 6) is -0.318. The van der Waals surface area contributed by atoms with Crippen molar-refractivity contribution in [2.24, 2.45) is 5.14 Å². The lowest BCUT2D eigenvalue weighted by atomic mass is 10.1. The van der Waals surface area contributed by atoms with E-state index in [1.165, 1.54) is 18.2 Å². The third-order valence-electron chi connectivity index (χ3n) is 2.20. The number of rotatable bonds is 5. The van der Waals surface area contributed by atoms with Crippen LogP contribution >= 0.6 is 0 Å². The molecule has 0 atom stereocenters. The SMILES string of the molecule is NS(=O)(=O)CCNCc1ccccc1C(F)(F)F. The maximum atomic E-state index is 12.6. The summed E-state index contributed by atoms with van der Waals surface area (Å²) in [6.07, 6.45) is -4.42. The molecule has 1 rings (SSSR count). The molecule has 0 aliphatic rings. The van der Waals surface area contributed by atoms with Crippen LogP contribution in [0, 0.1) is 0 Å². The van der Waals surface area contributed by atoms with E-state index in [-0.39, 0.29) is 24.4 Å². The van der Waals surface area contributed by atoms with Crippen LogP contribution in [0.1, 0.15) is 11.1 Å². The molecule has 4 nitrogen and oxygen atoms in total. The lowest BCUT2D eigenvalue weighted by Crippen LogP contribution is -2.27. The van der Waals surface area contributed by atoms with Crippen molar-refractivity contribution in [2.75, 3.05) is 12.3 Å². The Labute approximate surface area is 103 Å². The highest BCUT2D eigenvalue weighted by molar-refractivity contribution is 7.89. The van der Waals surface area contributed by atoms with Crippen molar-refractivity contribution in [3.05, 3.63) is 35.4 Å². The molecule has 0 spiro atoms. The number of hydrogen-bond donors (Lipinski definition) is 2. The van der Waals surface area contributed by atoms with E-state index in [0.29, 0.717) is 0 Å². The Morgan fingerprint density at radius 3 is 2.39 bits per heavy atom. The maximum absolute atomic E-state index is 12.6. The van der Waals surface area contributed by atoms with Crippen molar-refractivity contribution in [2.45, 2.75) is 12.7 Å². The van der Waals surface area contributed by atoms with Gasteiger partial charge in [-0.15, -0.1) is 0 Å². The van der Waals surface area contributed by atoms with Crippen LogP contribution in [-0.2, 0) is 22.7 Å². The Balaban J connectivity index is 2.63. The average molecular weight is 282 g/mol. The molecule has 0 unspecified atom stereocenters. The number of nitrogens with two attached hydrogens (primary N) is 1. The minimum atomic E-state index is -4.42. The van der Waals surface area contributed by atoms with E-state index in [2.05, 4.69) is 5.32 Å². The number of hydrogen-bond acceptors (Lipinski definition) is 3.